The summed E-state index contributed by atoms with van der Waals surface area (Å²) >= 11 is 5.82. The van der Waals surface area contributed by atoms with Gasteiger partial charge in [-0.15, -0.1) is 0 Å². The molecule has 3 rings (SSSR count). The molecule has 5 nitrogen and oxygen atoms in total. The van der Waals surface area contributed by atoms with Crippen LogP contribution in [-0.2, 0) is 10.0 Å². The van der Waals surface area contributed by atoms with Crippen LogP contribution in [0.5, 0.6) is 0 Å². The van der Waals surface area contributed by atoms with Gasteiger partial charge in [-0.2, -0.15) is 4.31 Å². The number of halogens is 1. The third-order valence-corrected chi connectivity index (χ3v) is 6.48. The molecule has 2 bridgehead atoms. The van der Waals surface area contributed by atoms with Crippen LogP contribution in [0.4, 0.5) is 5.69 Å². The van der Waals surface area contributed by atoms with Crippen molar-refractivity contribution in [2.24, 2.45) is 0 Å². The van der Waals surface area contributed by atoms with E-state index < -0.39 is 16.1 Å². The standard InChI is InChI=1S/C13H17ClN2O3S/c14-8-1-4-13(12(15)5-8)20(18,19)16-9-2-3-10(16)7-11(17)6-9/h1,4-5,9-11,17H,2-3,6-7,15H2. The van der Waals surface area contributed by atoms with Crippen molar-refractivity contribution in [1.29, 1.82) is 0 Å². The molecule has 2 fully saturated rings. The van der Waals surface area contributed by atoms with Gasteiger partial charge in [0, 0.05) is 17.1 Å². The second kappa shape index (κ2) is 4.87. The molecular formula is C13H17ClN2O3S. The van der Waals surface area contributed by atoms with Crippen LogP contribution in [0.2, 0.25) is 5.02 Å². The van der Waals surface area contributed by atoms with Gasteiger partial charge in [0.25, 0.3) is 0 Å². The van der Waals surface area contributed by atoms with Gasteiger partial charge < -0.3 is 10.8 Å². The van der Waals surface area contributed by atoms with E-state index in [-0.39, 0.29) is 22.7 Å². The van der Waals surface area contributed by atoms with Gasteiger partial charge in [-0.25, -0.2) is 8.42 Å². The van der Waals surface area contributed by atoms with Crippen LogP contribution in [0, 0.1) is 0 Å². The lowest BCUT2D eigenvalue weighted by Gasteiger charge is -2.36. The van der Waals surface area contributed by atoms with Crippen LogP contribution >= 0.6 is 11.6 Å². The molecule has 0 aromatic heterocycles. The third-order valence-electron chi connectivity index (χ3n) is 4.17. The van der Waals surface area contributed by atoms with E-state index in [2.05, 4.69) is 0 Å². The zero-order valence-corrected chi connectivity index (χ0v) is 12.4. The first-order valence-corrected chi connectivity index (χ1v) is 8.48. The number of nitrogens with zero attached hydrogens (tertiary/aromatic N) is 1. The molecule has 2 saturated heterocycles. The average Bonchev–Trinajstić information content (AvgIpc) is 2.62. The maximum absolute atomic E-state index is 12.8. The number of sulfonamides is 1. The Bertz CT molecular complexity index is 621. The summed E-state index contributed by atoms with van der Waals surface area (Å²) < 4.78 is 27.2. The number of anilines is 1. The largest absolute Gasteiger partial charge is 0.398 e. The molecule has 0 spiro atoms. The smallest absolute Gasteiger partial charge is 0.245 e. The van der Waals surface area contributed by atoms with E-state index in [1.807, 2.05) is 0 Å². The summed E-state index contributed by atoms with van der Waals surface area (Å²) in [7, 11) is -3.63. The molecule has 2 unspecified atom stereocenters. The van der Waals surface area contributed by atoms with Crippen molar-refractivity contribution >= 4 is 27.3 Å². The fourth-order valence-electron chi connectivity index (χ4n) is 3.37. The first-order chi connectivity index (χ1) is 9.39. The van der Waals surface area contributed by atoms with Crippen molar-refractivity contribution in [1.82, 2.24) is 4.31 Å². The number of hydrogen-bond acceptors (Lipinski definition) is 4. The molecular weight excluding hydrogens is 300 g/mol. The van der Waals surface area contributed by atoms with E-state index in [1.165, 1.54) is 18.2 Å². The monoisotopic (exact) mass is 316 g/mol. The predicted octanol–water partition coefficient (Wildman–Crippen LogP) is 1.60. The van der Waals surface area contributed by atoms with Crippen molar-refractivity contribution in [3.05, 3.63) is 23.2 Å². The molecule has 2 atom stereocenters. The van der Waals surface area contributed by atoms with Crippen LogP contribution in [0.3, 0.4) is 0 Å². The molecule has 20 heavy (non-hydrogen) atoms. The lowest BCUT2D eigenvalue weighted by molar-refractivity contribution is 0.0769. The highest BCUT2D eigenvalue weighted by Gasteiger charge is 2.47. The topological polar surface area (TPSA) is 83.6 Å². The molecule has 0 amide bonds. The highest BCUT2D eigenvalue weighted by molar-refractivity contribution is 7.89. The fourth-order valence-corrected chi connectivity index (χ4v) is 5.54. The van der Waals surface area contributed by atoms with E-state index >= 15 is 0 Å². The minimum Gasteiger partial charge on any atom is -0.398 e. The van der Waals surface area contributed by atoms with Crippen LogP contribution in [0.25, 0.3) is 0 Å². The van der Waals surface area contributed by atoms with E-state index in [0.717, 1.165) is 12.8 Å². The van der Waals surface area contributed by atoms with E-state index in [1.54, 1.807) is 4.31 Å². The third kappa shape index (κ3) is 2.20. The molecule has 7 heteroatoms. The van der Waals surface area contributed by atoms with Crippen molar-refractivity contribution in [2.45, 2.75) is 48.8 Å². The number of aliphatic hydroxyl groups is 1. The van der Waals surface area contributed by atoms with Gasteiger partial charge in [0.05, 0.1) is 11.8 Å². The summed E-state index contributed by atoms with van der Waals surface area (Å²) in [4.78, 5) is 0.107. The molecule has 1 aromatic carbocycles. The van der Waals surface area contributed by atoms with Crippen molar-refractivity contribution < 1.29 is 13.5 Å². The Balaban J connectivity index is 2.01. The van der Waals surface area contributed by atoms with Gasteiger partial charge in [-0.1, -0.05) is 11.6 Å². The van der Waals surface area contributed by atoms with Crippen molar-refractivity contribution in [3.8, 4) is 0 Å². The van der Waals surface area contributed by atoms with E-state index in [9.17, 15) is 13.5 Å². The van der Waals surface area contributed by atoms with Crippen LogP contribution in [-0.4, -0.2) is 36.0 Å². The van der Waals surface area contributed by atoms with Crippen molar-refractivity contribution in [3.63, 3.8) is 0 Å². The predicted molar refractivity (Wildman–Crippen MR) is 76.9 cm³/mol. The first-order valence-electron chi connectivity index (χ1n) is 6.66. The first kappa shape index (κ1) is 14.1. The van der Waals surface area contributed by atoms with Gasteiger partial charge in [-0.05, 0) is 43.9 Å². The molecule has 0 radical (unpaired) electrons. The summed E-state index contributed by atoms with van der Waals surface area (Å²) in [6.45, 7) is 0. The lowest BCUT2D eigenvalue weighted by atomic mass is 10.0. The Morgan fingerprint density at radius 2 is 1.85 bits per heavy atom. The van der Waals surface area contributed by atoms with E-state index in [4.69, 9.17) is 17.3 Å². The zero-order chi connectivity index (χ0) is 14.5. The summed E-state index contributed by atoms with van der Waals surface area (Å²) in [5.74, 6) is 0. The van der Waals surface area contributed by atoms with Gasteiger partial charge in [0.1, 0.15) is 4.90 Å². The second-order valence-corrected chi connectivity index (χ2v) is 7.78. The van der Waals surface area contributed by atoms with Gasteiger partial charge in [0.15, 0.2) is 0 Å². The zero-order valence-electron chi connectivity index (χ0n) is 10.9. The number of fused-ring (bicyclic) bond motifs is 2. The Morgan fingerprint density at radius 1 is 1.25 bits per heavy atom. The molecule has 1 aromatic rings. The molecule has 0 saturated carbocycles. The number of nitrogen functional groups attached to an aromatic ring is 1. The number of benzene rings is 1. The molecule has 2 heterocycles. The number of nitrogens with two attached hydrogens (primary N) is 1. The van der Waals surface area contributed by atoms with Gasteiger partial charge in [-0.3, -0.25) is 0 Å². The molecule has 3 N–H and O–H groups in total. The molecule has 0 aliphatic carbocycles. The summed E-state index contributed by atoms with van der Waals surface area (Å²) in [5.41, 5.74) is 5.98. The minimum absolute atomic E-state index is 0.107. The molecule has 2 aliphatic rings. The minimum atomic E-state index is -3.63. The quantitative estimate of drug-likeness (QED) is 0.812. The fraction of sp³-hybridized carbons (Fsp3) is 0.538. The maximum atomic E-state index is 12.8. The Labute approximate surface area is 123 Å². The second-order valence-electron chi connectivity index (χ2n) is 5.53. The summed E-state index contributed by atoms with van der Waals surface area (Å²) in [5, 5.41) is 10.2. The number of piperidine rings is 1. The molecule has 2 aliphatic heterocycles. The summed E-state index contributed by atoms with van der Waals surface area (Å²) in [6, 6.07) is 4.20. The summed E-state index contributed by atoms with van der Waals surface area (Å²) in [6.07, 6.45) is 2.21. The SMILES string of the molecule is Nc1cc(Cl)ccc1S(=O)(=O)N1C2CCC1CC(O)C2. The van der Waals surface area contributed by atoms with Crippen LogP contribution < -0.4 is 5.73 Å². The number of rotatable bonds is 2. The Hall–Kier alpha value is -0.820. The maximum Gasteiger partial charge on any atom is 0.245 e. The lowest BCUT2D eigenvalue weighted by Crippen LogP contribution is -2.47. The number of hydrogen-bond donors (Lipinski definition) is 2. The Morgan fingerprint density at radius 3 is 2.40 bits per heavy atom. The van der Waals surface area contributed by atoms with Crippen LogP contribution in [0.1, 0.15) is 25.7 Å². The highest BCUT2D eigenvalue weighted by atomic mass is 35.5. The van der Waals surface area contributed by atoms with Crippen LogP contribution in [0.15, 0.2) is 23.1 Å². The average molecular weight is 317 g/mol. The number of aliphatic hydroxyl groups excluding tert-OH is 1. The Kier molecular flexibility index (Phi) is 3.44. The van der Waals surface area contributed by atoms with Gasteiger partial charge in [0.2, 0.25) is 10.0 Å². The van der Waals surface area contributed by atoms with E-state index in [0.29, 0.717) is 17.9 Å². The van der Waals surface area contributed by atoms with Gasteiger partial charge >= 0.3 is 0 Å². The molecule has 110 valence electrons. The van der Waals surface area contributed by atoms with Crippen molar-refractivity contribution in [2.75, 3.05) is 5.73 Å². The highest BCUT2D eigenvalue weighted by Crippen LogP contribution is 2.40. The normalized spacial score (nSPS) is 30.6.